The SMILES string of the molecule is C=CCN(CCOC)Cc1ccc(N)cc1OC. The smallest absolute Gasteiger partial charge is 0.125 e. The predicted molar refractivity (Wildman–Crippen MR) is 74.8 cm³/mol. The van der Waals surface area contributed by atoms with E-state index in [0.717, 1.165) is 30.9 Å². The number of benzene rings is 1. The van der Waals surface area contributed by atoms with Gasteiger partial charge in [0.25, 0.3) is 0 Å². The summed E-state index contributed by atoms with van der Waals surface area (Å²) in [7, 11) is 3.36. The van der Waals surface area contributed by atoms with Gasteiger partial charge in [0.05, 0.1) is 13.7 Å². The van der Waals surface area contributed by atoms with Gasteiger partial charge in [-0.1, -0.05) is 12.1 Å². The predicted octanol–water partition coefficient (Wildman–Crippen LogP) is 1.91. The van der Waals surface area contributed by atoms with Crippen LogP contribution < -0.4 is 10.5 Å². The van der Waals surface area contributed by atoms with Crippen molar-refractivity contribution in [2.24, 2.45) is 0 Å². The Morgan fingerprint density at radius 2 is 2.17 bits per heavy atom. The van der Waals surface area contributed by atoms with Crippen molar-refractivity contribution in [3.05, 3.63) is 36.4 Å². The number of rotatable bonds is 8. The Hall–Kier alpha value is -1.52. The fourth-order valence-corrected chi connectivity index (χ4v) is 1.77. The van der Waals surface area contributed by atoms with Gasteiger partial charge in [-0.25, -0.2) is 0 Å². The zero-order valence-corrected chi connectivity index (χ0v) is 11.2. The molecule has 0 saturated carbocycles. The number of hydrogen-bond acceptors (Lipinski definition) is 4. The van der Waals surface area contributed by atoms with Crippen molar-refractivity contribution in [2.75, 3.05) is 39.6 Å². The second kappa shape index (κ2) is 7.74. The van der Waals surface area contributed by atoms with Gasteiger partial charge in [-0.15, -0.1) is 6.58 Å². The van der Waals surface area contributed by atoms with Crippen LogP contribution in [-0.2, 0) is 11.3 Å². The quantitative estimate of drug-likeness (QED) is 0.565. The molecule has 1 aromatic rings. The molecule has 0 heterocycles. The van der Waals surface area contributed by atoms with Crippen LogP contribution in [0.3, 0.4) is 0 Å². The summed E-state index contributed by atoms with van der Waals surface area (Å²) in [5.74, 6) is 0.821. The van der Waals surface area contributed by atoms with Gasteiger partial charge in [-0.2, -0.15) is 0 Å². The lowest BCUT2D eigenvalue weighted by molar-refractivity contribution is 0.150. The Bertz CT molecular complexity index is 380. The number of anilines is 1. The van der Waals surface area contributed by atoms with Crippen molar-refractivity contribution >= 4 is 5.69 Å². The topological polar surface area (TPSA) is 47.7 Å². The van der Waals surface area contributed by atoms with Crippen LogP contribution in [0.5, 0.6) is 5.75 Å². The Morgan fingerprint density at radius 1 is 1.39 bits per heavy atom. The highest BCUT2D eigenvalue weighted by Crippen LogP contribution is 2.22. The van der Waals surface area contributed by atoms with Gasteiger partial charge in [-0.3, -0.25) is 4.90 Å². The molecule has 0 atom stereocenters. The van der Waals surface area contributed by atoms with E-state index in [1.807, 2.05) is 24.3 Å². The number of nitrogens with zero attached hydrogens (tertiary/aromatic N) is 1. The van der Waals surface area contributed by atoms with Gasteiger partial charge >= 0.3 is 0 Å². The van der Waals surface area contributed by atoms with Crippen LogP contribution in [0.2, 0.25) is 0 Å². The molecule has 18 heavy (non-hydrogen) atoms. The third kappa shape index (κ3) is 4.39. The Morgan fingerprint density at radius 3 is 2.78 bits per heavy atom. The Labute approximate surface area is 109 Å². The first-order valence-electron chi connectivity index (χ1n) is 5.95. The summed E-state index contributed by atoms with van der Waals surface area (Å²) in [5.41, 5.74) is 7.57. The summed E-state index contributed by atoms with van der Waals surface area (Å²) in [6.07, 6.45) is 1.89. The molecule has 1 rings (SSSR count). The molecular weight excluding hydrogens is 228 g/mol. The van der Waals surface area contributed by atoms with E-state index in [2.05, 4.69) is 11.5 Å². The molecule has 0 saturated heterocycles. The minimum Gasteiger partial charge on any atom is -0.496 e. The van der Waals surface area contributed by atoms with Gasteiger partial charge in [0.1, 0.15) is 5.75 Å². The number of methoxy groups -OCH3 is 2. The molecule has 4 heteroatoms. The van der Waals surface area contributed by atoms with Crippen LogP contribution in [0.15, 0.2) is 30.9 Å². The van der Waals surface area contributed by atoms with Crippen LogP contribution in [0.4, 0.5) is 5.69 Å². The number of ether oxygens (including phenoxy) is 2. The van der Waals surface area contributed by atoms with Crippen molar-refractivity contribution in [3.8, 4) is 5.75 Å². The van der Waals surface area contributed by atoms with E-state index < -0.39 is 0 Å². The summed E-state index contributed by atoms with van der Waals surface area (Å²) in [5, 5.41) is 0. The lowest BCUT2D eigenvalue weighted by atomic mass is 10.1. The maximum Gasteiger partial charge on any atom is 0.125 e. The zero-order chi connectivity index (χ0) is 13.4. The van der Waals surface area contributed by atoms with Gasteiger partial charge in [-0.05, 0) is 6.07 Å². The third-order valence-corrected chi connectivity index (χ3v) is 2.70. The normalized spacial score (nSPS) is 10.6. The van der Waals surface area contributed by atoms with E-state index in [0.29, 0.717) is 12.3 Å². The summed E-state index contributed by atoms with van der Waals surface area (Å²) >= 11 is 0. The van der Waals surface area contributed by atoms with Crippen LogP contribution in [0.1, 0.15) is 5.56 Å². The molecule has 0 aromatic heterocycles. The lowest BCUT2D eigenvalue weighted by Crippen LogP contribution is -2.27. The largest absolute Gasteiger partial charge is 0.496 e. The summed E-state index contributed by atoms with van der Waals surface area (Å²) in [6, 6.07) is 5.73. The second-order valence-corrected chi connectivity index (χ2v) is 4.09. The van der Waals surface area contributed by atoms with Gasteiger partial charge in [0.15, 0.2) is 0 Å². The molecule has 0 aliphatic rings. The summed E-state index contributed by atoms with van der Waals surface area (Å²) < 4.78 is 10.5. The van der Waals surface area contributed by atoms with E-state index in [-0.39, 0.29) is 0 Å². The molecule has 1 aromatic carbocycles. The fraction of sp³-hybridized carbons (Fsp3) is 0.429. The maximum atomic E-state index is 5.74. The number of hydrogen-bond donors (Lipinski definition) is 1. The van der Waals surface area contributed by atoms with Crippen LogP contribution in [-0.4, -0.2) is 38.8 Å². The first-order valence-corrected chi connectivity index (χ1v) is 5.95. The van der Waals surface area contributed by atoms with Gasteiger partial charge < -0.3 is 15.2 Å². The van der Waals surface area contributed by atoms with Crippen molar-refractivity contribution < 1.29 is 9.47 Å². The summed E-state index contributed by atoms with van der Waals surface area (Å²) in [4.78, 5) is 2.24. The van der Waals surface area contributed by atoms with Crippen molar-refractivity contribution in [3.63, 3.8) is 0 Å². The molecule has 0 spiro atoms. The Balaban J connectivity index is 2.75. The minimum atomic E-state index is 0.700. The van der Waals surface area contributed by atoms with Crippen molar-refractivity contribution in [1.29, 1.82) is 0 Å². The summed E-state index contributed by atoms with van der Waals surface area (Å²) in [6.45, 7) is 6.94. The minimum absolute atomic E-state index is 0.700. The van der Waals surface area contributed by atoms with Gasteiger partial charge in [0.2, 0.25) is 0 Å². The average molecular weight is 250 g/mol. The van der Waals surface area contributed by atoms with E-state index in [1.165, 1.54) is 0 Å². The second-order valence-electron chi connectivity index (χ2n) is 4.09. The van der Waals surface area contributed by atoms with Crippen molar-refractivity contribution in [1.82, 2.24) is 4.90 Å². The molecule has 0 fully saturated rings. The lowest BCUT2D eigenvalue weighted by Gasteiger charge is -2.21. The first kappa shape index (κ1) is 14.5. The standard InChI is InChI=1S/C14H22N2O2/c1-4-7-16(8-9-17-2)11-12-5-6-13(15)10-14(12)18-3/h4-6,10H,1,7-9,11,15H2,2-3H3. The monoisotopic (exact) mass is 250 g/mol. The zero-order valence-electron chi connectivity index (χ0n) is 11.2. The molecule has 0 radical (unpaired) electrons. The molecular formula is C14H22N2O2. The van der Waals surface area contributed by atoms with Crippen LogP contribution in [0, 0.1) is 0 Å². The molecule has 0 bridgehead atoms. The molecule has 0 unspecified atom stereocenters. The van der Waals surface area contributed by atoms with Gasteiger partial charge in [0, 0.05) is 44.1 Å². The molecule has 4 nitrogen and oxygen atoms in total. The van der Waals surface area contributed by atoms with E-state index in [1.54, 1.807) is 14.2 Å². The third-order valence-electron chi connectivity index (χ3n) is 2.70. The van der Waals surface area contributed by atoms with Crippen LogP contribution in [0.25, 0.3) is 0 Å². The highest BCUT2D eigenvalue weighted by molar-refractivity contribution is 5.48. The molecule has 2 N–H and O–H groups in total. The van der Waals surface area contributed by atoms with Crippen molar-refractivity contribution in [2.45, 2.75) is 6.54 Å². The Kier molecular flexibility index (Phi) is 6.25. The molecule has 0 aliphatic carbocycles. The highest BCUT2D eigenvalue weighted by atomic mass is 16.5. The van der Waals surface area contributed by atoms with E-state index >= 15 is 0 Å². The number of nitrogen functional groups attached to an aromatic ring is 1. The highest BCUT2D eigenvalue weighted by Gasteiger charge is 2.09. The molecule has 100 valence electrons. The first-order chi connectivity index (χ1) is 8.71. The van der Waals surface area contributed by atoms with E-state index in [4.69, 9.17) is 15.2 Å². The average Bonchev–Trinajstić information content (AvgIpc) is 2.38. The number of nitrogens with two attached hydrogens (primary N) is 1. The molecule has 0 amide bonds. The maximum absolute atomic E-state index is 5.74. The van der Waals surface area contributed by atoms with Crippen LogP contribution >= 0.6 is 0 Å². The molecule has 0 aliphatic heterocycles. The fourth-order valence-electron chi connectivity index (χ4n) is 1.77. The van der Waals surface area contributed by atoms with E-state index in [9.17, 15) is 0 Å².